The number of piperazine rings is 1. The van der Waals surface area contributed by atoms with Crippen LogP contribution in [0.25, 0.3) is 0 Å². The van der Waals surface area contributed by atoms with Gasteiger partial charge < -0.3 is 25.2 Å². The van der Waals surface area contributed by atoms with Crippen LogP contribution < -0.4 is 15.5 Å². The molecule has 0 amide bonds. The average molecular weight is 405 g/mol. The maximum Gasteiger partial charge on any atom is 0.191 e. The summed E-state index contributed by atoms with van der Waals surface area (Å²) in [5, 5.41) is 6.81. The Kier molecular flexibility index (Phi) is 10.2. The number of ether oxygens (including phenoxy) is 1. The predicted molar refractivity (Wildman–Crippen MR) is 122 cm³/mol. The van der Waals surface area contributed by atoms with Crippen molar-refractivity contribution in [1.29, 1.82) is 0 Å². The molecule has 7 heteroatoms. The average Bonchev–Trinajstić information content (AvgIpc) is 2.75. The van der Waals surface area contributed by atoms with Gasteiger partial charge in [0, 0.05) is 59.1 Å². The van der Waals surface area contributed by atoms with Crippen molar-refractivity contribution in [2.75, 3.05) is 57.8 Å². The topological polar surface area (TPSA) is 65.0 Å². The van der Waals surface area contributed by atoms with E-state index in [2.05, 4.69) is 70.2 Å². The summed E-state index contributed by atoms with van der Waals surface area (Å²) < 4.78 is 5.82. The number of anilines is 1. The number of guanidine groups is 1. The van der Waals surface area contributed by atoms with Crippen LogP contribution >= 0.6 is 0 Å². The summed E-state index contributed by atoms with van der Waals surface area (Å²) >= 11 is 0. The van der Waals surface area contributed by atoms with E-state index in [1.165, 1.54) is 5.56 Å². The minimum atomic E-state index is 0.279. The zero-order chi connectivity index (χ0) is 21.1. The molecule has 1 aliphatic rings. The van der Waals surface area contributed by atoms with Crippen molar-refractivity contribution in [1.82, 2.24) is 20.5 Å². The molecule has 1 aromatic heterocycles. The van der Waals surface area contributed by atoms with Gasteiger partial charge in [-0.15, -0.1) is 0 Å². The lowest BCUT2D eigenvalue weighted by Gasteiger charge is -2.34. The minimum absolute atomic E-state index is 0.279. The molecular weight excluding hydrogens is 364 g/mol. The number of hydrogen-bond donors (Lipinski definition) is 2. The summed E-state index contributed by atoms with van der Waals surface area (Å²) in [4.78, 5) is 13.8. The van der Waals surface area contributed by atoms with E-state index in [4.69, 9.17) is 4.74 Å². The SMILES string of the molecule is CCOC(CCNC(=NC)NCc1ccnc(N2CCN(CC)CC2)c1)C(C)C. The highest BCUT2D eigenvalue weighted by atomic mass is 16.5. The van der Waals surface area contributed by atoms with Gasteiger partial charge in [-0.2, -0.15) is 0 Å². The second-order valence-corrected chi connectivity index (χ2v) is 7.82. The Morgan fingerprint density at radius 3 is 2.59 bits per heavy atom. The van der Waals surface area contributed by atoms with Crippen LogP contribution in [0, 0.1) is 5.92 Å². The van der Waals surface area contributed by atoms with Crippen LogP contribution in [-0.2, 0) is 11.3 Å². The molecule has 1 atom stereocenters. The molecule has 2 N–H and O–H groups in total. The molecule has 0 aromatic carbocycles. The zero-order valence-electron chi connectivity index (χ0n) is 18.9. The van der Waals surface area contributed by atoms with Gasteiger partial charge >= 0.3 is 0 Å². The number of nitrogens with zero attached hydrogens (tertiary/aromatic N) is 4. The molecule has 1 aromatic rings. The molecule has 1 fully saturated rings. The first-order chi connectivity index (χ1) is 14.1. The Morgan fingerprint density at radius 1 is 1.21 bits per heavy atom. The van der Waals surface area contributed by atoms with Crippen LogP contribution in [0.1, 0.15) is 39.7 Å². The Hall–Kier alpha value is -1.86. The molecule has 1 aliphatic heterocycles. The normalized spacial score (nSPS) is 16.9. The maximum atomic E-state index is 5.82. The second kappa shape index (κ2) is 12.6. The second-order valence-electron chi connectivity index (χ2n) is 7.82. The largest absolute Gasteiger partial charge is 0.378 e. The van der Waals surface area contributed by atoms with Gasteiger partial charge in [0.2, 0.25) is 0 Å². The van der Waals surface area contributed by atoms with Gasteiger partial charge in [0.15, 0.2) is 5.96 Å². The number of nitrogens with one attached hydrogen (secondary N) is 2. The van der Waals surface area contributed by atoms with Gasteiger partial charge in [-0.05, 0) is 43.5 Å². The summed E-state index contributed by atoms with van der Waals surface area (Å²) in [6.45, 7) is 16.4. The van der Waals surface area contributed by atoms with E-state index in [9.17, 15) is 0 Å². The first-order valence-electron chi connectivity index (χ1n) is 11.1. The van der Waals surface area contributed by atoms with Gasteiger partial charge in [0.05, 0.1) is 6.10 Å². The lowest BCUT2D eigenvalue weighted by Crippen LogP contribution is -2.46. The standard InChI is InChI=1S/C22H40N6O/c1-6-27-12-14-28(15-13-27)21-16-19(8-10-24-21)17-26-22(23-5)25-11-9-20(18(3)4)29-7-2/h8,10,16,18,20H,6-7,9,11-15,17H2,1-5H3,(H2,23,25,26). The lowest BCUT2D eigenvalue weighted by atomic mass is 10.0. The first-order valence-corrected chi connectivity index (χ1v) is 11.1. The van der Waals surface area contributed by atoms with Crippen molar-refractivity contribution in [2.45, 2.75) is 46.8 Å². The summed E-state index contributed by atoms with van der Waals surface area (Å²) in [6.07, 6.45) is 3.15. The third-order valence-corrected chi connectivity index (χ3v) is 5.48. The predicted octanol–water partition coefficient (Wildman–Crippen LogP) is 2.34. The highest BCUT2D eigenvalue weighted by Gasteiger charge is 2.17. The Morgan fingerprint density at radius 2 is 1.97 bits per heavy atom. The minimum Gasteiger partial charge on any atom is -0.378 e. The Bertz CT molecular complexity index is 613. The Balaban J connectivity index is 1.80. The monoisotopic (exact) mass is 404 g/mol. The van der Waals surface area contributed by atoms with E-state index in [0.29, 0.717) is 5.92 Å². The van der Waals surface area contributed by atoms with Crippen LogP contribution in [0.3, 0.4) is 0 Å². The molecule has 0 bridgehead atoms. The van der Waals surface area contributed by atoms with Crippen LogP contribution in [0.4, 0.5) is 5.82 Å². The number of pyridine rings is 1. The molecular formula is C22H40N6O. The summed E-state index contributed by atoms with van der Waals surface area (Å²) in [5.41, 5.74) is 1.21. The zero-order valence-corrected chi connectivity index (χ0v) is 18.9. The van der Waals surface area contributed by atoms with Crippen molar-refractivity contribution < 1.29 is 4.74 Å². The maximum absolute atomic E-state index is 5.82. The number of aliphatic imine (C=N–C) groups is 1. The molecule has 0 radical (unpaired) electrons. The highest BCUT2D eigenvalue weighted by Crippen LogP contribution is 2.15. The fraction of sp³-hybridized carbons (Fsp3) is 0.727. The molecule has 1 saturated heterocycles. The van der Waals surface area contributed by atoms with E-state index < -0.39 is 0 Å². The van der Waals surface area contributed by atoms with Crippen LogP contribution in [-0.4, -0.2) is 74.9 Å². The molecule has 0 saturated carbocycles. The number of hydrogen-bond acceptors (Lipinski definition) is 5. The number of aromatic nitrogens is 1. The fourth-order valence-corrected chi connectivity index (χ4v) is 3.60. The third-order valence-electron chi connectivity index (χ3n) is 5.48. The molecule has 7 nitrogen and oxygen atoms in total. The van der Waals surface area contributed by atoms with Crippen molar-refractivity contribution in [3.63, 3.8) is 0 Å². The molecule has 0 aliphatic carbocycles. The van der Waals surface area contributed by atoms with Gasteiger partial charge in [0.1, 0.15) is 5.82 Å². The molecule has 2 rings (SSSR count). The van der Waals surface area contributed by atoms with Crippen molar-refractivity contribution in [2.24, 2.45) is 10.9 Å². The smallest absolute Gasteiger partial charge is 0.191 e. The Labute approximate surface area is 176 Å². The van der Waals surface area contributed by atoms with Gasteiger partial charge in [0.25, 0.3) is 0 Å². The lowest BCUT2D eigenvalue weighted by molar-refractivity contribution is 0.0258. The van der Waals surface area contributed by atoms with E-state index in [-0.39, 0.29) is 6.10 Å². The molecule has 1 unspecified atom stereocenters. The van der Waals surface area contributed by atoms with Crippen LogP contribution in [0.15, 0.2) is 23.3 Å². The third kappa shape index (κ3) is 7.82. The van der Waals surface area contributed by atoms with E-state index >= 15 is 0 Å². The first kappa shape index (κ1) is 23.4. The van der Waals surface area contributed by atoms with E-state index in [0.717, 1.165) is 70.6 Å². The number of likely N-dealkylation sites (N-methyl/N-ethyl adjacent to an activating group) is 1. The van der Waals surface area contributed by atoms with E-state index in [1.807, 2.05) is 13.2 Å². The van der Waals surface area contributed by atoms with Crippen LogP contribution in [0.5, 0.6) is 0 Å². The van der Waals surface area contributed by atoms with Crippen LogP contribution in [0.2, 0.25) is 0 Å². The van der Waals surface area contributed by atoms with Crippen molar-refractivity contribution in [3.8, 4) is 0 Å². The fourth-order valence-electron chi connectivity index (χ4n) is 3.60. The quantitative estimate of drug-likeness (QED) is 0.461. The van der Waals surface area contributed by atoms with Crippen molar-refractivity contribution >= 4 is 11.8 Å². The van der Waals surface area contributed by atoms with Gasteiger partial charge in [-0.3, -0.25) is 4.99 Å². The molecule has 164 valence electrons. The summed E-state index contributed by atoms with van der Waals surface area (Å²) in [5.74, 6) is 2.40. The van der Waals surface area contributed by atoms with E-state index in [1.54, 1.807) is 0 Å². The number of rotatable bonds is 10. The summed E-state index contributed by atoms with van der Waals surface area (Å²) in [7, 11) is 1.81. The van der Waals surface area contributed by atoms with Crippen molar-refractivity contribution in [3.05, 3.63) is 23.9 Å². The van der Waals surface area contributed by atoms with Gasteiger partial charge in [-0.1, -0.05) is 20.8 Å². The highest BCUT2D eigenvalue weighted by molar-refractivity contribution is 5.79. The molecule has 29 heavy (non-hydrogen) atoms. The van der Waals surface area contributed by atoms with Gasteiger partial charge in [-0.25, -0.2) is 4.98 Å². The molecule has 0 spiro atoms. The summed E-state index contributed by atoms with van der Waals surface area (Å²) in [6, 6.07) is 4.25. The molecule has 2 heterocycles.